The van der Waals surface area contributed by atoms with E-state index in [0.29, 0.717) is 17.0 Å². The molecule has 1 saturated carbocycles. The number of imidazole rings is 1. The highest BCUT2D eigenvalue weighted by atomic mass is 15.5. The van der Waals surface area contributed by atoms with Crippen molar-refractivity contribution in [2.45, 2.75) is 38.1 Å². The van der Waals surface area contributed by atoms with Crippen molar-refractivity contribution >= 4 is 17.0 Å². The predicted molar refractivity (Wildman–Crippen MR) is 69.9 cm³/mol. The van der Waals surface area contributed by atoms with Gasteiger partial charge in [0.15, 0.2) is 17.0 Å². The van der Waals surface area contributed by atoms with Crippen LogP contribution in [0.1, 0.15) is 37.9 Å². The van der Waals surface area contributed by atoms with Crippen LogP contribution in [0.5, 0.6) is 0 Å². The topological polar surface area (TPSA) is 108 Å². The number of nitrogens with one attached hydrogen (secondary N) is 1. The molecule has 7 heteroatoms. The minimum Gasteiger partial charge on any atom is -0.329 e. The molecule has 2 heterocycles. The molecule has 0 aromatic carbocycles. The van der Waals surface area contributed by atoms with Crippen LogP contribution in [0, 0.1) is 11.3 Å². The molecule has 0 spiro atoms. The second-order valence-corrected chi connectivity index (χ2v) is 4.78. The van der Waals surface area contributed by atoms with E-state index in [1.54, 1.807) is 11.3 Å². The summed E-state index contributed by atoms with van der Waals surface area (Å²) in [6, 6.07) is 2.21. The molecule has 1 fully saturated rings. The molecule has 0 atom stereocenters. The number of nitrogens with two attached hydrogens (primary N) is 1. The predicted octanol–water partition coefficient (Wildman–Crippen LogP) is 1.24. The molecule has 0 amide bonds. The lowest BCUT2D eigenvalue weighted by atomic mass is 9.95. The summed E-state index contributed by atoms with van der Waals surface area (Å²) in [4.78, 5) is 15.4. The van der Waals surface area contributed by atoms with E-state index in [9.17, 15) is 0 Å². The van der Waals surface area contributed by atoms with Gasteiger partial charge in [-0.25, -0.2) is 10.8 Å². The van der Waals surface area contributed by atoms with Gasteiger partial charge in [-0.1, -0.05) is 19.3 Å². The smallest absolute Gasteiger partial charge is 0.236 e. The van der Waals surface area contributed by atoms with Gasteiger partial charge in [0.25, 0.3) is 0 Å². The highest BCUT2D eigenvalue weighted by molar-refractivity contribution is 5.83. The van der Waals surface area contributed by atoms with Crippen molar-refractivity contribution in [2.24, 2.45) is 5.84 Å². The first-order chi connectivity index (χ1) is 9.29. The quantitative estimate of drug-likeness (QED) is 0.619. The van der Waals surface area contributed by atoms with Crippen LogP contribution in [-0.4, -0.2) is 26.0 Å². The van der Waals surface area contributed by atoms with Gasteiger partial charge in [0.2, 0.25) is 5.82 Å². The number of hydrazine groups is 1. The summed E-state index contributed by atoms with van der Waals surface area (Å²) < 4.78 is 0. The number of aromatic nitrogens is 4. The number of hydrogen-bond donors (Lipinski definition) is 2. The molecule has 3 rings (SSSR count). The highest BCUT2D eigenvalue weighted by Gasteiger charge is 2.23. The van der Waals surface area contributed by atoms with Crippen LogP contribution in [-0.2, 0) is 0 Å². The van der Waals surface area contributed by atoms with Gasteiger partial charge in [0, 0.05) is 6.04 Å². The Balaban J connectivity index is 2.02. The molecule has 0 unspecified atom stereocenters. The van der Waals surface area contributed by atoms with Crippen molar-refractivity contribution in [1.29, 1.82) is 5.26 Å². The molecule has 7 nitrogen and oxygen atoms in total. The molecule has 0 aliphatic heterocycles. The fraction of sp³-hybridized carbons (Fsp3) is 0.500. The van der Waals surface area contributed by atoms with E-state index in [1.165, 1.54) is 19.3 Å². The Morgan fingerprint density at radius 1 is 1.32 bits per heavy atom. The van der Waals surface area contributed by atoms with E-state index in [4.69, 9.17) is 11.1 Å². The number of hydrogen-bond acceptors (Lipinski definition) is 6. The van der Waals surface area contributed by atoms with Crippen molar-refractivity contribution in [2.75, 3.05) is 5.01 Å². The van der Waals surface area contributed by atoms with E-state index < -0.39 is 0 Å². The van der Waals surface area contributed by atoms with Crippen molar-refractivity contribution in [3.05, 3.63) is 12.2 Å². The van der Waals surface area contributed by atoms with Crippen LogP contribution in [0.2, 0.25) is 0 Å². The van der Waals surface area contributed by atoms with Gasteiger partial charge < -0.3 is 4.98 Å². The van der Waals surface area contributed by atoms with Gasteiger partial charge in [-0.3, -0.25) is 5.01 Å². The Labute approximate surface area is 110 Å². The number of nitrogens with zero attached hydrogens (tertiary/aromatic N) is 5. The zero-order valence-corrected chi connectivity index (χ0v) is 10.5. The lowest BCUT2D eigenvalue weighted by Crippen LogP contribution is -2.43. The van der Waals surface area contributed by atoms with Gasteiger partial charge in [-0.2, -0.15) is 15.2 Å². The SMILES string of the molecule is N#Cc1nc(N(N)C2CCCCC2)c2nc[nH]c2n1. The Morgan fingerprint density at radius 3 is 2.84 bits per heavy atom. The average Bonchev–Trinajstić information content (AvgIpc) is 2.94. The number of fused-ring (bicyclic) bond motifs is 1. The molecular weight excluding hydrogens is 242 g/mol. The summed E-state index contributed by atoms with van der Waals surface area (Å²) in [5.74, 6) is 6.84. The Kier molecular flexibility index (Phi) is 3.01. The van der Waals surface area contributed by atoms with Crippen LogP contribution in [0.4, 0.5) is 5.82 Å². The largest absolute Gasteiger partial charge is 0.329 e. The van der Waals surface area contributed by atoms with Crippen LogP contribution < -0.4 is 10.9 Å². The standard InChI is InChI=1S/C12H15N7/c13-6-9-17-11-10(15-7-16-11)12(18-9)19(14)8-4-2-1-3-5-8/h7-8H,1-5,14H2,(H,15,16,17,18). The van der Waals surface area contributed by atoms with Crippen molar-refractivity contribution in [3.63, 3.8) is 0 Å². The maximum absolute atomic E-state index is 8.98. The monoisotopic (exact) mass is 257 g/mol. The molecule has 19 heavy (non-hydrogen) atoms. The van der Waals surface area contributed by atoms with Gasteiger partial charge in [-0.05, 0) is 12.8 Å². The Bertz CT molecular complexity index is 621. The fourth-order valence-corrected chi connectivity index (χ4v) is 2.58. The third kappa shape index (κ3) is 2.11. The van der Waals surface area contributed by atoms with Gasteiger partial charge in [0.1, 0.15) is 6.07 Å². The third-order valence-electron chi connectivity index (χ3n) is 3.57. The molecule has 0 bridgehead atoms. The Hall–Kier alpha value is -2.20. The summed E-state index contributed by atoms with van der Waals surface area (Å²) in [5.41, 5.74) is 1.17. The highest BCUT2D eigenvalue weighted by Crippen LogP contribution is 2.27. The first-order valence-electron chi connectivity index (χ1n) is 6.45. The number of rotatable bonds is 2. The van der Waals surface area contributed by atoms with Crippen LogP contribution >= 0.6 is 0 Å². The number of nitriles is 1. The van der Waals surface area contributed by atoms with Crippen molar-refractivity contribution < 1.29 is 0 Å². The molecule has 0 radical (unpaired) electrons. The van der Waals surface area contributed by atoms with Gasteiger partial charge in [0.05, 0.1) is 6.33 Å². The average molecular weight is 257 g/mol. The summed E-state index contributed by atoms with van der Waals surface area (Å²) >= 11 is 0. The minimum absolute atomic E-state index is 0.109. The summed E-state index contributed by atoms with van der Waals surface area (Å²) in [7, 11) is 0. The molecular formula is C12H15N7. The first-order valence-corrected chi connectivity index (χ1v) is 6.45. The zero-order valence-electron chi connectivity index (χ0n) is 10.5. The molecule has 2 aromatic rings. The van der Waals surface area contributed by atoms with Crippen LogP contribution in [0.3, 0.4) is 0 Å². The second-order valence-electron chi connectivity index (χ2n) is 4.78. The molecule has 1 aliphatic carbocycles. The molecule has 98 valence electrons. The van der Waals surface area contributed by atoms with E-state index in [1.807, 2.05) is 6.07 Å². The van der Waals surface area contributed by atoms with E-state index in [2.05, 4.69) is 19.9 Å². The van der Waals surface area contributed by atoms with E-state index in [0.717, 1.165) is 12.8 Å². The van der Waals surface area contributed by atoms with Gasteiger partial charge >= 0.3 is 0 Å². The molecule has 2 aromatic heterocycles. The van der Waals surface area contributed by atoms with Crippen molar-refractivity contribution in [1.82, 2.24) is 19.9 Å². The molecule has 0 saturated heterocycles. The molecule has 3 N–H and O–H groups in total. The van der Waals surface area contributed by atoms with Crippen LogP contribution in [0.15, 0.2) is 6.33 Å². The van der Waals surface area contributed by atoms with E-state index >= 15 is 0 Å². The normalized spacial score (nSPS) is 16.4. The number of anilines is 1. The third-order valence-corrected chi connectivity index (χ3v) is 3.57. The first kappa shape index (κ1) is 11.9. The van der Waals surface area contributed by atoms with Gasteiger partial charge in [-0.15, -0.1) is 0 Å². The maximum atomic E-state index is 8.98. The van der Waals surface area contributed by atoms with Crippen molar-refractivity contribution in [3.8, 4) is 6.07 Å². The number of aromatic amines is 1. The lowest BCUT2D eigenvalue weighted by Gasteiger charge is -2.31. The number of H-pyrrole nitrogens is 1. The maximum Gasteiger partial charge on any atom is 0.236 e. The minimum atomic E-state index is 0.109. The summed E-state index contributed by atoms with van der Waals surface area (Å²) in [5, 5.41) is 10.6. The summed E-state index contributed by atoms with van der Waals surface area (Å²) in [6.45, 7) is 0. The fourth-order valence-electron chi connectivity index (χ4n) is 2.58. The molecule has 1 aliphatic rings. The second kappa shape index (κ2) is 4.82. The summed E-state index contributed by atoms with van der Waals surface area (Å²) in [6.07, 6.45) is 7.26. The van der Waals surface area contributed by atoms with E-state index in [-0.39, 0.29) is 11.9 Å². The Morgan fingerprint density at radius 2 is 2.11 bits per heavy atom. The zero-order chi connectivity index (χ0) is 13.2. The lowest BCUT2D eigenvalue weighted by molar-refractivity contribution is 0.416. The van der Waals surface area contributed by atoms with Crippen LogP contribution in [0.25, 0.3) is 11.2 Å².